The Labute approximate surface area is 122 Å². The van der Waals surface area contributed by atoms with Gasteiger partial charge in [0.05, 0.1) is 0 Å². The Morgan fingerprint density at radius 1 is 1.11 bits per heavy atom. The first-order valence-electron chi connectivity index (χ1n) is 6.22. The van der Waals surface area contributed by atoms with Gasteiger partial charge in [0, 0.05) is 30.2 Å². The van der Waals surface area contributed by atoms with Crippen LogP contribution in [0.15, 0.2) is 42.5 Å². The highest BCUT2D eigenvalue weighted by atomic mass is 79.9. The molecule has 2 rings (SSSR count). The van der Waals surface area contributed by atoms with Crippen molar-refractivity contribution in [1.82, 2.24) is 0 Å². The minimum atomic E-state index is -0.161. The third-order valence-electron chi connectivity index (χ3n) is 3.31. The molecule has 0 radical (unpaired) electrons. The first-order chi connectivity index (χ1) is 9.13. The molecule has 0 bridgehead atoms. The zero-order valence-corrected chi connectivity index (χ0v) is 12.7. The fourth-order valence-corrected chi connectivity index (χ4v) is 2.72. The Balaban J connectivity index is 2.28. The average Bonchev–Trinajstić information content (AvgIpc) is 2.41. The van der Waals surface area contributed by atoms with Crippen LogP contribution in [-0.2, 0) is 11.9 Å². The smallest absolute Gasteiger partial charge is 0.129 e. The average molecular weight is 322 g/mol. The van der Waals surface area contributed by atoms with Gasteiger partial charge in [0.1, 0.15) is 5.82 Å². The molecule has 0 spiro atoms. The van der Waals surface area contributed by atoms with Gasteiger partial charge >= 0.3 is 0 Å². The molecule has 0 N–H and O–H groups in total. The lowest BCUT2D eigenvalue weighted by Gasteiger charge is -2.23. The van der Waals surface area contributed by atoms with Gasteiger partial charge in [-0.1, -0.05) is 46.3 Å². The molecule has 0 unspecified atom stereocenters. The maximum Gasteiger partial charge on any atom is 0.129 e. The Kier molecular flexibility index (Phi) is 4.59. The summed E-state index contributed by atoms with van der Waals surface area (Å²) in [7, 11) is 1.99. The van der Waals surface area contributed by atoms with Crippen LogP contribution in [0.3, 0.4) is 0 Å². The van der Waals surface area contributed by atoms with Gasteiger partial charge in [0.15, 0.2) is 0 Å². The highest BCUT2D eigenvalue weighted by molar-refractivity contribution is 9.08. The second kappa shape index (κ2) is 6.20. The Morgan fingerprint density at radius 2 is 1.84 bits per heavy atom. The Bertz CT molecular complexity index is 568. The van der Waals surface area contributed by atoms with Crippen molar-refractivity contribution in [3.05, 3.63) is 65.0 Å². The van der Waals surface area contributed by atoms with Gasteiger partial charge in [-0.2, -0.15) is 0 Å². The van der Waals surface area contributed by atoms with Crippen LogP contribution < -0.4 is 4.90 Å². The van der Waals surface area contributed by atoms with Crippen LogP contribution >= 0.6 is 15.9 Å². The number of anilines is 1. The standard InChI is InChI=1S/C16H17BrFN/c1-12-6-3-4-7-13(12)11-19(2)16-9-5-8-15(18)14(16)10-17/h3-9H,10-11H2,1-2H3. The molecule has 0 amide bonds. The molecular formula is C16H17BrFN. The summed E-state index contributed by atoms with van der Waals surface area (Å²) in [6.07, 6.45) is 0. The minimum Gasteiger partial charge on any atom is -0.370 e. The van der Waals surface area contributed by atoms with E-state index in [0.717, 1.165) is 12.2 Å². The van der Waals surface area contributed by atoms with E-state index in [9.17, 15) is 4.39 Å². The van der Waals surface area contributed by atoms with Crippen molar-refractivity contribution in [1.29, 1.82) is 0 Å². The molecule has 0 aromatic heterocycles. The SMILES string of the molecule is Cc1ccccc1CN(C)c1cccc(F)c1CBr. The van der Waals surface area contributed by atoms with Gasteiger partial charge in [0.2, 0.25) is 0 Å². The largest absolute Gasteiger partial charge is 0.370 e. The van der Waals surface area contributed by atoms with Crippen LogP contribution in [0.1, 0.15) is 16.7 Å². The highest BCUT2D eigenvalue weighted by Crippen LogP contribution is 2.26. The molecule has 0 aliphatic carbocycles. The van der Waals surface area contributed by atoms with Crippen molar-refractivity contribution in [3.8, 4) is 0 Å². The summed E-state index contributed by atoms with van der Waals surface area (Å²) in [6, 6.07) is 13.5. The molecule has 1 nitrogen and oxygen atoms in total. The molecule has 2 aromatic rings. The van der Waals surface area contributed by atoms with E-state index in [1.165, 1.54) is 17.2 Å². The molecule has 19 heavy (non-hydrogen) atoms. The topological polar surface area (TPSA) is 3.24 Å². The Morgan fingerprint density at radius 3 is 2.53 bits per heavy atom. The number of hydrogen-bond acceptors (Lipinski definition) is 1. The predicted octanol–water partition coefficient (Wildman–Crippen LogP) is 4.67. The molecule has 100 valence electrons. The first-order valence-corrected chi connectivity index (χ1v) is 7.34. The summed E-state index contributed by atoms with van der Waals surface area (Å²) in [4.78, 5) is 2.09. The quantitative estimate of drug-likeness (QED) is 0.740. The van der Waals surface area contributed by atoms with Gasteiger partial charge < -0.3 is 4.90 Å². The number of aryl methyl sites for hydroxylation is 1. The van der Waals surface area contributed by atoms with E-state index < -0.39 is 0 Å². The van der Waals surface area contributed by atoms with E-state index in [1.54, 1.807) is 6.07 Å². The number of nitrogens with zero attached hydrogens (tertiary/aromatic N) is 1. The molecule has 0 fully saturated rings. The van der Waals surface area contributed by atoms with Crippen LogP contribution in [0.4, 0.5) is 10.1 Å². The minimum absolute atomic E-state index is 0.161. The van der Waals surface area contributed by atoms with Gasteiger partial charge in [0.25, 0.3) is 0 Å². The lowest BCUT2D eigenvalue weighted by atomic mass is 10.1. The van der Waals surface area contributed by atoms with Crippen molar-refractivity contribution in [2.24, 2.45) is 0 Å². The molecule has 0 aliphatic rings. The van der Waals surface area contributed by atoms with Crippen molar-refractivity contribution in [2.75, 3.05) is 11.9 Å². The number of rotatable bonds is 4. The zero-order chi connectivity index (χ0) is 13.8. The molecule has 0 atom stereocenters. The fourth-order valence-electron chi connectivity index (χ4n) is 2.17. The third kappa shape index (κ3) is 3.16. The summed E-state index contributed by atoms with van der Waals surface area (Å²) in [5.41, 5.74) is 4.15. The monoisotopic (exact) mass is 321 g/mol. The Hall–Kier alpha value is -1.35. The molecule has 3 heteroatoms. The van der Waals surface area contributed by atoms with Gasteiger partial charge in [-0.15, -0.1) is 0 Å². The number of alkyl halides is 1. The van der Waals surface area contributed by atoms with Crippen LogP contribution in [0.2, 0.25) is 0 Å². The summed E-state index contributed by atoms with van der Waals surface area (Å²) >= 11 is 3.36. The van der Waals surface area contributed by atoms with Crippen molar-refractivity contribution >= 4 is 21.6 Å². The van der Waals surface area contributed by atoms with E-state index >= 15 is 0 Å². The molecule has 0 aliphatic heterocycles. The van der Waals surface area contributed by atoms with Gasteiger partial charge in [-0.3, -0.25) is 0 Å². The van der Waals surface area contributed by atoms with Crippen LogP contribution in [0.25, 0.3) is 0 Å². The fraction of sp³-hybridized carbons (Fsp3) is 0.250. The van der Waals surface area contributed by atoms with E-state index in [1.807, 2.05) is 25.2 Å². The highest BCUT2D eigenvalue weighted by Gasteiger charge is 2.11. The normalized spacial score (nSPS) is 10.5. The number of benzene rings is 2. The molecular weight excluding hydrogens is 305 g/mol. The summed E-state index contributed by atoms with van der Waals surface area (Å²) in [6.45, 7) is 2.87. The molecule has 0 saturated heterocycles. The van der Waals surface area contributed by atoms with E-state index in [0.29, 0.717) is 10.9 Å². The zero-order valence-electron chi connectivity index (χ0n) is 11.2. The second-order valence-electron chi connectivity index (χ2n) is 4.65. The molecule has 0 heterocycles. The van der Waals surface area contributed by atoms with Crippen LogP contribution in [-0.4, -0.2) is 7.05 Å². The number of hydrogen-bond donors (Lipinski definition) is 0. The predicted molar refractivity (Wildman–Crippen MR) is 82.3 cm³/mol. The molecule has 2 aromatic carbocycles. The third-order valence-corrected chi connectivity index (χ3v) is 3.87. The van der Waals surface area contributed by atoms with Crippen LogP contribution in [0.5, 0.6) is 0 Å². The number of halogens is 2. The summed E-state index contributed by atoms with van der Waals surface area (Å²) in [5, 5.41) is 0.521. The maximum absolute atomic E-state index is 13.8. The van der Waals surface area contributed by atoms with E-state index in [4.69, 9.17) is 0 Å². The van der Waals surface area contributed by atoms with Crippen molar-refractivity contribution in [2.45, 2.75) is 18.8 Å². The first kappa shape index (κ1) is 14.1. The summed E-state index contributed by atoms with van der Waals surface area (Å²) < 4.78 is 13.8. The lowest BCUT2D eigenvalue weighted by molar-refractivity contribution is 0.616. The second-order valence-corrected chi connectivity index (χ2v) is 5.21. The van der Waals surface area contributed by atoms with Crippen molar-refractivity contribution in [3.63, 3.8) is 0 Å². The van der Waals surface area contributed by atoms with E-state index in [-0.39, 0.29) is 5.82 Å². The van der Waals surface area contributed by atoms with Crippen molar-refractivity contribution < 1.29 is 4.39 Å². The van der Waals surface area contributed by atoms with Crippen LogP contribution in [0, 0.1) is 12.7 Å². The van der Waals surface area contributed by atoms with Gasteiger partial charge in [-0.25, -0.2) is 4.39 Å². The lowest BCUT2D eigenvalue weighted by Crippen LogP contribution is -2.18. The van der Waals surface area contributed by atoms with Gasteiger partial charge in [-0.05, 0) is 30.2 Å². The van der Waals surface area contributed by atoms with E-state index in [2.05, 4.69) is 39.9 Å². The summed E-state index contributed by atoms with van der Waals surface area (Å²) in [5.74, 6) is -0.161. The molecule has 0 saturated carbocycles. The maximum atomic E-state index is 13.8.